The van der Waals surface area contributed by atoms with Gasteiger partial charge in [0.2, 0.25) is 0 Å². The normalized spacial score (nSPS) is 23.8. The molecule has 138 valence electrons. The zero-order valence-electron chi connectivity index (χ0n) is 15.1. The molecule has 0 bridgehead atoms. The summed E-state index contributed by atoms with van der Waals surface area (Å²) in [5.41, 5.74) is -0.117. The summed E-state index contributed by atoms with van der Waals surface area (Å²) in [6.07, 6.45) is 6.85. The van der Waals surface area contributed by atoms with Crippen LogP contribution in [0.4, 0.5) is 4.79 Å². The van der Waals surface area contributed by atoms with Crippen LogP contribution >= 0.6 is 0 Å². The van der Waals surface area contributed by atoms with Crippen molar-refractivity contribution in [1.82, 2.24) is 25.6 Å². The molecule has 1 aromatic heterocycles. The monoisotopic (exact) mass is 349 g/mol. The van der Waals surface area contributed by atoms with E-state index in [1.807, 2.05) is 20.8 Å². The number of hydrogen-bond acceptors (Lipinski definition) is 5. The van der Waals surface area contributed by atoms with Crippen LogP contribution < -0.4 is 10.6 Å². The van der Waals surface area contributed by atoms with Crippen LogP contribution in [0.3, 0.4) is 0 Å². The number of carbonyl (C=O) groups excluding carboxylic acids is 2. The first-order chi connectivity index (χ1) is 11.8. The standard InChI is InChI=1S/C17H27N5O3/c1-17(2,3)25-16(24)19-12-6-4-11(5-7-12)18-15(23)14-10-22(21-20-14)13-8-9-13/h10-13H,4-9H2,1-3H3,(H,18,23)(H,19,24)/t11-,12-. The van der Waals surface area contributed by atoms with Crippen LogP contribution in [0.5, 0.6) is 0 Å². The van der Waals surface area contributed by atoms with E-state index in [0.717, 1.165) is 38.5 Å². The Hall–Kier alpha value is -2.12. The Labute approximate surface area is 147 Å². The number of hydrogen-bond donors (Lipinski definition) is 2. The number of alkyl carbamates (subject to hydrolysis) is 1. The molecule has 25 heavy (non-hydrogen) atoms. The quantitative estimate of drug-likeness (QED) is 0.868. The third-order valence-electron chi connectivity index (χ3n) is 4.45. The van der Waals surface area contributed by atoms with Gasteiger partial charge >= 0.3 is 6.09 Å². The van der Waals surface area contributed by atoms with Crippen molar-refractivity contribution in [3.8, 4) is 0 Å². The number of rotatable bonds is 4. The molecule has 0 aliphatic heterocycles. The minimum Gasteiger partial charge on any atom is -0.444 e. The molecular formula is C17H27N5O3. The molecular weight excluding hydrogens is 322 g/mol. The lowest BCUT2D eigenvalue weighted by molar-refractivity contribution is 0.0488. The van der Waals surface area contributed by atoms with Crippen LogP contribution in [0.15, 0.2) is 6.20 Å². The molecule has 1 heterocycles. The maximum absolute atomic E-state index is 12.3. The molecule has 8 heteroatoms. The number of nitrogens with zero attached hydrogens (tertiary/aromatic N) is 3. The highest BCUT2D eigenvalue weighted by molar-refractivity contribution is 5.92. The highest BCUT2D eigenvalue weighted by atomic mass is 16.6. The zero-order chi connectivity index (χ0) is 18.0. The van der Waals surface area contributed by atoms with E-state index in [-0.39, 0.29) is 24.1 Å². The van der Waals surface area contributed by atoms with Crippen LogP contribution in [-0.2, 0) is 4.74 Å². The van der Waals surface area contributed by atoms with E-state index in [2.05, 4.69) is 20.9 Å². The predicted octanol–water partition coefficient (Wildman–Crippen LogP) is 2.18. The summed E-state index contributed by atoms with van der Waals surface area (Å²) < 4.78 is 7.05. The van der Waals surface area contributed by atoms with Crippen molar-refractivity contribution in [2.75, 3.05) is 0 Å². The van der Waals surface area contributed by atoms with Crippen LogP contribution in [-0.4, -0.2) is 44.7 Å². The highest BCUT2D eigenvalue weighted by Gasteiger charge is 2.28. The van der Waals surface area contributed by atoms with Crippen molar-refractivity contribution in [3.63, 3.8) is 0 Å². The van der Waals surface area contributed by atoms with Crippen LogP contribution in [0.2, 0.25) is 0 Å². The van der Waals surface area contributed by atoms with Gasteiger partial charge < -0.3 is 15.4 Å². The molecule has 0 atom stereocenters. The molecule has 2 saturated carbocycles. The number of carbonyl (C=O) groups is 2. The van der Waals surface area contributed by atoms with Gasteiger partial charge in [-0.05, 0) is 59.3 Å². The van der Waals surface area contributed by atoms with Crippen molar-refractivity contribution >= 4 is 12.0 Å². The molecule has 2 aliphatic rings. The van der Waals surface area contributed by atoms with Crippen molar-refractivity contribution in [2.45, 2.75) is 83.0 Å². The second-order valence-corrected chi connectivity index (χ2v) is 7.98. The Morgan fingerprint density at radius 3 is 2.24 bits per heavy atom. The van der Waals surface area contributed by atoms with Crippen LogP contribution in [0, 0.1) is 0 Å². The van der Waals surface area contributed by atoms with E-state index in [1.165, 1.54) is 0 Å². The van der Waals surface area contributed by atoms with Gasteiger partial charge in [-0.3, -0.25) is 4.79 Å². The minimum absolute atomic E-state index is 0.0961. The lowest BCUT2D eigenvalue weighted by Gasteiger charge is -2.30. The molecule has 2 amide bonds. The van der Waals surface area contributed by atoms with E-state index in [9.17, 15) is 9.59 Å². The second-order valence-electron chi connectivity index (χ2n) is 7.98. The Kier molecular flexibility index (Phi) is 4.96. The topological polar surface area (TPSA) is 98.1 Å². The van der Waals surface area contributed by atoms with Gasteiger partial charge in [-0.1, -0.05) is 5.21 Å². The van der Waals surface area contributed by atoms with Crippen molar-refractivity contribution in [2.24, 2.45) is 0 Å². The molecule has 2 N–H and O–H groups in total. The molecule has 0 spiro atoms. The molecule has 0 saturated heterocycles. The number of nitrogens with one attached hydrogen (secondary N) is 2. The molecule has 3 rings (SSSR count). The first-order valence-corrected chi connectivity index (χ1v) is 9.02. The van der Waals surface area contributed by atoms with E-state index < -0.39 is 5.60 Å². The predicted molar refractivity (Wildman–Crippen MR) is 91.2 cm³/mol. The van der Waals surface area contributed by atoms with Gasteiger partial charge in [0.05, 0.1) is 12.2 Å². The van der Waals surface area contributed by atoms with Crippen molar-refractivity contribution in [1.29, 1.82) is 0 Å². The second kappa shape index (κ2) is 7.01. The van der Waals surface area contributed by atoms with Gasteiger partial charge in [0.15, 0.2) is 5.69 Å². The van der Waals surface area contributed by atoms with E-state index in [4.69, 9.17) is 4.74 Å². The summed E-state index contributed by atoms with van der Waals surface area (Å²) in [6.45, 7) is 5.54. The van der Waals surface area contributed by atoms with Crippen LogP contribution in [0.25, 0.3) is 0 Å². The van der Waals surface area contributed by atoms with Gasteiger partial charge in [-0.15, -0.1) is 5.10 Å². The van der Waals surface area contributed by atoms with Crippen molar-refractivity contribution in [3.05, 3.63) is 11.9 Å². The molecule has 8 nitrogen and oxygen atoms in total. The number of aromatic nitrogens is 3. The van der Waals surface area contributed by atoms with Gasteiger partial charge in [0.1, 0.15) is 5.60 Å². The van der Waals surface area contributed by atoms with Gasteiger partial charge in [0, 0.05) is 12.1 Å². The average molecular weight is 349 g/mol. The van der Waals surface area contributed by atoms with Gasteiger partial charge in [-0.2, -0.15) is 0 Å². The molecule has 0 unspecified atom stereocenters. The molecule has 0 aromatic carbocycles. The summed E-state index contributed by atoms with van der Waals surface area (Å²) in [5, 5.41) is 13.9. The number of ether oxygens (including phenoxy) is 1. The van der Waals surface area contributed by atoms with Gasteiger partial charge in [-0.25, -0.2) is 9.48 Å². The largest absolute Gasteiger partial charge is 0.444 e. The lowest BCUT2D eigenvalue weighted by Crippen LogP contribution is -2.45. The van der Waals surface area contributed by atoms with E-state index >= 15 is 0 Å². The average Bonchev–Trinajstić information content (AvgIpc) is 3.24. The Balaban J connectivity index is 1.41. The summed E-state index contributed by atoms with van der Waals surface area (Å²) >= 11 is 0. The molecule has 0 radical (unpaired) electrons. The molecule has 2 fully saturated rings. The minimum atomic E-state index is -0.493. The fourth-order valence-electron chi connectivity index (χ4n) is 3.01. The van der Waals surface area contributed by atoms with Crippen LogP contribution in [0.1, 0.15) is 75.8 Å². The lowest BCUT2D eigenvalue weighted by atomic mass is 9.91. The number of amides is 2. The first-order valence-electron chi connectivity index (χ1n) is 9.02. The fraction of sp³-hybridized carbons (Fsp3) is 0.765. The maximum Gasteiger partial charge on any atom is 0.407 e. The summed E-state index contributed by atoms with van der Waals surface area (Å²) in [6, 6.07) is 0.623. The van der Waals surface area contributed by atoms with E-state index in [1.54, 1.807) is 10.9 Å². The Morgan fingerprint density at radius 1 is 1.08 bits per heavy atom. The third-order valence-corrected chi connectivity index (χ3v) is 4.45. The zero-order valence-corrected chi connectivity index (χ0v) is 15.1. The van der Waals surface area contributed by atoms with E-state index in [0.29, 0.717) is 11.7 Å². The Morgan fingerprint density at radius 2 is 1.68 bits per heavy atom. The summed E-state index contributed by atoms with van der Waals surface area (Å²) in [7, 11) is 0. The maximum atomic E-state index is 12.3. The molecule has 1 aromatic rings. The first kappa shape index (κ1) is 17.7. The van der Waals surface area contributed by atoms with Crippen molar-refractivity contribution < 1.29 is 14.3 Å². The molecule has 2 aliphatic carbocycles. The Bertz CT molecular complexity index is 624. The third kappa shape index (κ3) is 5.17. The van der Waals surface area contributed by atoms with Gasteiger partial charge in [0.25, 0.3) is 5.91 Å². The SMILES string of the molecule is CC(C)(C)OC(=O)N[C@H]1CC[C@H](NC(=O)c2cn(C3CC3)nn2)CC1. The fourth-order valence-corrected chi connectivity index (χ4v) is 3.01. The smallest absolute Gasteiger partial charge is 0.407 e. The summed E-state index contributed by atoms with van der Waals surface area (Å²) in [5.74, 6) is -0.171. The highest BCUT2D eigenvalue weighted by Crippen LogP contribution is 2.33. The summed E-state index contributed by atoms with van der Waals surface area (Å²) in [4.78, 5) is 24.1.